The summed E-state index contributed by atoms with van der Waals surface area (Å²) in [6.07, 6.45) is 2.16. The predicted molar refractivity (Wildman–Crippen MR) is 104 cm³/mol. The number of ether oxygens (including phenoxy) is 1. The first-order valence-corrected chi connectivity index (χ1v) is 9.16. The van der Waals surface area contributed by atoms with Crippen LogP contribution >= 0.6 is 0 Å². The lowest BCUT2D eigenvalue weighted by molar-refractivity contribution is 0.271. The number of anilines is 1. The Morgan fingerprint density at radius 3 is 2.75 bits per heavy atom. The molecule has 2 aromatic carbocycles. The quantitative estimate of drug-likeness (QED) is 0.507. The Balaban J connectivity index is 1.30. The number of hydrogen-bond donors (Lipinski definition) is 1. The Morgan fingerprint density at radius 1 is 1.07 bits per heavy atom. The zero-order valence-electron chi connectivity index (χ0n) is 15.0. The van der Waals surface area contributed by atoms with Gasteiger partial charge in [0.2, 0.25) is 11.6 Å². The van der Waals surface area contributed by atoms with E-state index in [1.165, 1.54) is 5.39 Å². The second-order valence-electron chi connectivity index (χ2n) is 6.79. The maximum Gasteiger partial charge on any atom is 0.266 e. The second-order valence-corrected chi connectivity index (χ2v) is 6.79. The molecule has 0 radical (unpaired) electrons. The number of nitrogens with zero attached hydrogens (tertiary/aromatic N) is 2. The minimum absolute atomic E-state index is 0.243. The summed E-state index contributed by atoms with van der Waals surface area (Å²) in [7, 11) is 0. The summed E-state index contributed by atoms with van der Waals surface area (Å²) in [5.41, 5.74) is 0.243. The number of nitriles is 1. The van der Waals surface area contributed by atoms with Gasteiger partial charge < -0.3 is 18.9 Å². The summed E-state index contributed by atoms with van der Waals surface area (Å²) >= 11 is 0. The highest BCUT2D eigenvalue weighted by atomic mass is 16.5. The van der Waals surface area contributed by atoms with Crippen LogP contribution in [0.5, 0.6) is 5.75 Å². The molecular formula is C22H17N3O3. The fourth-order valence-electron chi connectivity index (χ4n) is 2.99. The third kappa shape index (κ3) is 3.30. The fourth-order valence-corrected chi connectivity index (χ4v) is 2.99. The van der Waals surface area contributed by atoms with E-state index < -0.39 is 0 Å². The molecule has 0 spiro atoms. The molecule has 1 aliphatic rings. The molecule has 1 N–H and O–H groups in total. The maximum atomic E-state index is 9.24. The van der Waals surface area contributed by atoms with Crippen LogP contribution in [-0.2, 0) is 6.61 Å². The lowest BCUT2D eigenvalue weighted by Gasteiger charge is -2.05. The topological polar surface area (TPSA) is 84.2 Å². The van der Waals surface area contributed by atoms with Gasteiger partial charge in [0, 0.05) is 6.04 Å². The fraction of sp³-hybridized carbons (Fsp3) is 0.182. The van der Waals surface area contributed by atoms with Crippen LogP contribution in [0.25, 0.3) is 22.4 Å². The van der Waals surface area contributed by atoms with Gasteiger partial charge in [-0.25, -0.2) is 0 Å². The van der Waals surface area contributed by atoms with Crippen molar-refractivity contribution in [2.75, 3.05) is 5.32 Å². The SMILES string of the molecule is N#Cc1nc(-c2ccc(COc3ccc4ccccc4c3)o2)oc1NC1CC1. The molecule has 0 atom stereocenters. The standard InChI is InChI=1S/C22H17N3O3/c23-12-19-21(24-16-6-7-16)28-22(25-19)20-10-9-18(27-20)13-26-17-8-5-14-3-1-2-4-15(14)11-17/h1-5,8-11,16,24H,6-7,13H2. The van der Waals surface area contributed by atoms with Crippen molar-refractivity contribution in [1.82, 2.24) is 4.98 Å². The van der Waals surface area contributed by atoms with Crippen LogP contribution in [0.15, 0.2) is 63.4 Å². The van der Waals surface area contributed by atoms with Crippen molar-refractivity contribution in [2.45, 2.75) is 25.5 Å². The van der Waals surface area contributed by atoms with Crippen molar-refractivity contribution in [1.29, 1.82) is 5.26 Å². The molecule has 1 fully saturated rings. The number of nitrogens with one attached hydrogen (secondary N) is 1. The molecule has 5 rings (SSSR count). The molecule has 6 nitrogen and oxygen atoms in total. The molecule has 0 bridgehead atoms. The first kappa shape index (κ1) is 16.5. The van der Waals surface area contributed by atoms with Gasteiger partial charge in [0.15, 0.2) is 5.76 Å². The van der Waals surface area contributed by atoms with Crippen LogP contribution < -0.4 is 10.1 Å². The number of aromatic nitrogens is 1. The van der Waals surface area contributed by atoms with Gasteiger partial charge in [-0.05, 0) is 47.9 Å². The van der Waals surface area contributed by atoms with Gasteiger partial charge >= 0.3 is 0 Å². The van der Waals surface area contributed by atoms with Gasteiger partial charge in [-0.2, -0.15) is 10.2 Å². The Labute approximate surface area is 161 Å². The summed E-state index contributed by atoms with van der Waals surface area (Å²) in [5.74, 6) is 2.59. The Hall–Kier alpha value is -3.72. The van der Waals surface area contributed by atoms with Crippen molar-refractivity contribution >= 4 is 16.7 Å². The first-order chi connectivity index (χ1) is 13.8. The molecule has 1 saturated carbocycles. The molecule has 1 aliphatic carbocycles. The lowest BCUT2D eigenvalue weighted by Crippen LogP contribution is -2.00. The normalized spacial score (nSPS) is 13.4. The van der Waals surface area contributed by atoms with Crippen LogP contribution in [0, 0.1) is 11.3 Å². The largest absolute Gasteiger partial charge is 0.486 e. The minimum atomic E-state index is 0.243. The Bertz CT molecular complexity index is 1180. The lowest BCUT2D eigenvalue weighted by atomic mass is 10.1. The highest BCUT2D eigenvalue weighted by Gasteiger charge is 2.25. The molecule has 0 unspecified atom stereocenters. The van der Waals surface area contributed by atoms with E-state index in [9.17, 15) is 5.26 Å². The van der Waals surface area contributed by atoms with Crippen LogP contribution in [-0.4, -0.2) is 11.0 Å². The molecule has 4 aromatic rings. The third-order valence-electron chi connectivity index (χ3n) is 4.62. The average Bonchev–Trinajstić information content (AvgIpc) is 3.26. The van der Waals surface area contributed by atoms with Crippen molar-refractivity contribution < 1.29 is 13.6 Å². The summed E-state index contributed by atoms with van der Waals surface area (Å²) < 4.78 is 17.3. The molecule has 2 heterocycles. The monoisotopic (exact) mass is 371 g/mol. The van der Waals surface area contributed by atoms with Crippen molar-refractivity contribution in [3.05, 3.63) is 66.1 Å². The summed E-state index contributed by atoms with van der Waals surface area (Å²) in [4.78, 5) is 4.22. The molecule has 0 amide bonds. The smallest absolute Gasteiger partial charge is 0.266 e. The van der Waals surface area contributed by atoms with Crippen LogP contribution in [0.2, 0.25) is 0 Å². The van der Waals surface area contributed by atoms with E-state index in [0.717, 1.165) is 24.0 Å². The minimum Gasteiger partial charge on any atom is -0.486 e. The molecule has 0 aliphatic heterocycles. The highest BCUT2D eigenvalue weighted by molar-refractivity contribution is 5.83. The molecular weight excluding hydrogens is 354 g/mol. The molecule has 28 heavy (non-hydrogen) atoms. The number of oxazole rings is 1. The zero-order chi connectivity index (χ0) is 18.9. The number of benzene rings is 2. The first-order valence-electron chi connectivity index (χ1n) is 9.16. The second kappa shape index (κ2) is 6.78. The van der Waals surface area contributed by atoms with E-state index in [2.05, 4.69) is 28.5 Å². The molecule has 2 aromatic heterocycles. The van der Waals surface area contributed by atoms with Gasteiger partial charge in [0.05, 0.1) is 0 Å². The van der Waals surface area contributed by atoms with Crippen molar-refractivity contribution in [3.63, 3.8) is 0 Å². The molecule has 0 saturated heterocycles. The van der Waals surface area contributed by atoms with Crippen LogP contribution in [0.1, 0.15) is 24.3 Å². The van der Waals surface area contributed by atoms with Gasteiger partial charge in [-0.15, -0.1) is 0 Å². The maximum absolute atomic E-state index is 9.24. The van der Waals surface area contributed by atoms with E-state index >= 15 is 0 Å². The summed E-state index contributed by atoms with van der Waals surface area (Å²) in [6, 6.07) is 20.1. The number of fused-ring (bicyclic) bond motifs is 1. The van der Waals surface area contributed by atoms with Gasteiger partial charge in [-0.3, -0.25) is 0 Å². The van der Waals surface area contributed by atoms with E-state index in [1.807, 2.05) is 36.4 Å². The highest BCUT2D eigenvalue weighted by Crippen LogP contribution is 2.31. The average molecular weight is 371 g/mol. The van der Waals surface area contributed by atoms with Crippen LogP contribution in [0.4, 0.5) is 5.88 Å². The van der Waals surface area contributed by atoms with Gasteiger partial charge in [0.1, 0.15) is 24.2 Å². The van der Waals surface area contributed by atoms with Gasteiger partial charge in [-0.1, -0.05) is 30.3 Å². The van der Waals surface area contributed by atoms with E-state index in [-0.39, 0.29) is 18.2 Å². The summed E-state index contributed by atoms with van der Waals surface area (Å²) in [5, 5.41) is 14.7. The van der Waals surface area contributed by atoms with E-state index in [1.54, 1.807) is 6.07 Å². The summed E-state index contributed by atoms with van der Waals surface area (Å²) in [6.45, 7) is 0.289. The number of rotatable bonds is 6. The molecule has 6 heteroatoms. The Kier molecular flexibility index (Phi) is 3.99. The third-order valence-corrected chi connectivity index (χ3v) is 4.62. The van der Waals surface area contributed by atoms with Crippen LogP contribution in [0.3, 0.4) is 0 Å². The zero-order valence-corrected chi connectivity index (χ0v) is 15.0. The molecule has 138 valence electrons. The number of furan rings is 1. The van der Waals surface area contributed by atoms with Gasteiger partial charge in [0.25, 0.3) is 5.89 Å². The van der Waals surface area contributed by atoms with Crippen molar-refractivity contribution in [2.24, 2.45) is 0 Å². The Morgan fingerprint density at radius 2 is 1.93 bits per heavy atom. The van der Waals surface area contributed by atoms with Crippen molar-refractivity contribution in [3.8, 4) is 23.5 Å². The number of hydrogen-bond acceptors (Lipinski definition) is 6. The predicted octanol–water partition coefficient (Wildman–Crippen LogP) is 5.11. The van der Waals surface area contributed by atoms with E-state index in [0.29, 0.717) is 23.4 Å². The van der Waals surface area contributed by atoms with E-state index in [4.69, 9.17) is 13.6 Å².